The number of hydrogen-bond acceptors (Lipinski definition) is 9. The van der Waals surface area contributed by atoms with Gasteiger partial charge in [-0.2, -0.15) is 5.26 Å². The van der Waals surface area contributed by atoms with Crippen LogP contribution in [0.15, 0.2) is 73.9 Å². The lowest BCUT2D eigenvalue weighted by Crippen LogP contribution is -2.42. The number of aromatic nitrogens is 2. The number of anilines is 2. The predicted molar refractivity (Wildman–Crippen MR) is 166 cm³/mol. The zero-order chi connectivity index (χ0) is 29.5. The number of allylic oxidation sites excluding steroid dienone is 3. The van der Waals surface area contributed by atoms with Crippen molar-refractivity contribution in [3.63, 3.8) is 0 Å². The lowest BCUT2D eigenvalue weighted by atomic mass is 9.69. The third-order valence-corrected chi connectivity index (χ3v) is 9.86. The van der Waals surface area contributed by atoms with Crippen LogP contribution in [0.2, 0.25) is 0 Å². The first-order valence-corrected chi connectivity index (χ1v) is 15.6. The second kappa shape index (κ2) is 11.4. The van der Waals surface area contributed by atoms with E-state index in [1.54, 1.807) is 4.90 Å². The van der Waals surface area contributed by atoms with Crippen LogP contribution in [0, 0.1) is 30.6 Å². The molecule has 1 aliphatic heterocycles. The number of nitrogens with one attached hydrogen (secondary N) is 1. The van der Waals surface area contributed by atoms with Crippen LogP contribution in [-0.2, 0) is 9.59 Å². The van der Waals surface area contributed by atoms with E-state index in [4.69, 9.17) is 5.73 Å². The highest BCUT2D eigenvalue weighted by molar-refractivity contribution is 9.10. The molecule has 0 saturated carbocycles. The van der Waals surface area contributed by atoms with Crippen molar-refractivity contribution in [3.8, 4) is 6.07 Å². The number of nitrogens with zero attached hydrogens (tertiary/aromatic N) is 4. The fourth-order valence-corrected chi connectivity index (χ4v) is 7.16. The molecule has 2 aliphatic rings. The monoisotopic (exact) mass is 648 g/mol. The highest BCUT2D eigenvalue weighted by Crippen LogP contribution is 2.50. The highest BCUT2D eigenvalue weighted by atomic mass is 79.9. The molecule has 1 atom stereocenters. The molecule has 3 N–H and O–H groups in total. The lowest BCUT2D eigenvalue weighted by Gasteiger charge is -2.42. The van der Waals surface area contributed by atoms with Crippen LogP contribution < -0.4 is 16.0 Å². The highest BCUT2D eigenvalue weighted by Gasteiger charge is 2.45. The van der Waals surface area contributed by atoms with Crippen molar-refractivity contribution in [2.75, 3.05) is 16.0 Å². The van der Waals surface area contributed by atoms with E-state index in [2.05, 4.69) is 51.4 Å². The predicted octanol–water partition coefficient (Wildman–Crippen LogP) is 6.59. The Morgan fingerprint density at radius 1 is 1.20 bits per heavy atom. The van der Waals surface area contributed by atoms with Crippen LogP contribution in [0.1, 0.15) is 49.3 Å². The third kappa shape index (κ3) is 5.96. The minimum atomic E-state index is -0.557. The van der Waals surface area contributed by atoms with Crippen LogP contribution in [0.4, 0.5) is 10.8 Å². The number of benzene rings is 2. The Hall–Kier alpha value is -3.46. The molecular formula is C30H29BrN6O2S2. The maximum absolute atomic E-state index is 13.7. The van der Waals surface area contributed by atoms with Crippen LogP contribution in [0.3, 0.4) is 0 Å². The number of ketones is 1. The molecule has 8 nitrogen and oxygen atoms in total. The molecule has 0 spiro atoms. The molecule has 2 heterocycles. The van der Waals surface area contributed by atoms with Crippen molar-refractivity contribution in [3.05, 3.63) is 86.3 Å². The fourth-order valence-electron chi connectivity index (χ4n) is 5.21. The zero-order valence-electron chi connectivity index (χ0n) is 23.1. The van der Waals surface area contributed by atoms with Gasteiger partial charge < -0.3 is 11.1 Å². The second-order valence-corrected chi connectivity index (χ2v) is 14.1. The van der Waals surface area contributed by atoms with Gasteiger partial charge in [0, 0.05) is 27.9 Å². The van der Waals surface area contributed by atoms with Gasteiger partial charge in [-0.3, -0.25) is 14.5 Å². The average Bonchev–Trinajstić information content (AvgIpc) is 3.37. The summed E-state index contributed by atoms with van der Waals surface area (Å²) >= 11 is 6.01. The quantitative estimate of drug-likeness (QED) is 0.287. The largest absolute Gasteiger partial charge is 0.384 e. The minimum Gasteiger partial charge on any atom is -0.384 e. The van der Waals surface area contributed by atoms with Gasteiger partial charge in [0.2, 0.25) is 11.0 Å². The molecule has 0 bridgehead atoms. The number of hydrogen-bond donors (Lipinski definition) is 2. The van der Waals surface area contributed by atoms with E-state index in [9.17, 15) is 14.9 Å². The molecule has 41 heavy (non-hydrogen) atoms. The summed E-state index contributed by atoms with van der Waals surface area (Å²) in [6.45, 7) is 8.13. The topological polar surface area (TPSA) is 125 Å². The zero-order valence-corrected chi connectivity index (χ0v) is 26.3. The molecule has 0 fully saturated rings. The van der Waals surface area contributed by atoms with Gasteiger partial charge in [-0.15, -0.1) is 10.2 Å². The summed E-state index contributed by atoms with van der Waals surface area (Å²) in [5.74, 6) is -0.317. The lowest BCUT2D eigenvalue weighted by molar-refractivity contribution is -0.118. The Balaban J connectivity index is 1.45. The summed E-state index contributed by atoms with van der Waals surface area (Å²) in [4.78, 5) is 28.0. The third-order valence-electron chi connectivity index (χ3n) is 7.29. The number of amides is 1. The average molecular weight is 650 g/mol. The summed E-state index contributed by atoms with van der Waals surface area (Å²) in [5, 5.41) is 22.3. The van der Waals surface area contributed by atoms with Crippen molar-refractivity contribution in [2.45, 2.75) is 50.8 Å². The molecule has 0 radical (unpaired) electrons. The van der Waals surface area contributed by atoms with E-state index >= 15 is 0 Å². The summed E-state index contributed by atoms with van der Waals surface area (Å²) in [6, 6.07) is 15.7. The number of aryl methyl sites for hydroxylation is 2. The summed E-state index contributed by atoms with van der Waals surface area (Å²) in [7, 11) is 0. The smallest absolute Gasteiger partial charge is 0.234 e. The van der Waals surface area contributed by atoms with Crippen molar-refractivity contribution >= 4 is 61.5 Å². The number of carbonyl (C=O) groups excluding carboxylic acids is 2. The van der Waals surface area contributed by atoms with Crippen LogP contribution >= 0.6 is 39.0 Å². The molecule has 3 aromatic rings. The van der Waals surface area contributed by atoms with E-state index < -0.39 is 5.92 Å². The summed E-state index contributed by atoms with van der Waals surface area (Å²) < 4.78 is 1.49. The first-order chi connectivity index (χ1) is 19.5. The Kier molecular flexibility index (Phi) is 8.10. The van der Waals surface area contributed by atoms with Crippen molar-refractivity contribution in [1.82, 2.24) is 10.2 Å². The van der Waals surface area contributed by atoms with E-state index in [1.165, 1.54) is 23.1 Å². The van der Waals surface area contributed by atoms with Crippen molar-refractivity contribution < 1.29 is 9.59 Å². The molecule has 2 aromatic carbocycles. The molecule has 1 aliphatic carbocycles. The van der Waals surface area contributed by atoms with E-state index in [1.807, 2.05) is 56.3 Å². The molecule has 5 rings (SSSR count). The molecule has 1 unspecified atom stereocenters. The number of nitriles is 1. The van der Waals surface area contributed by atoms with Gasteiger partial charge in [0.05, 0.1) is 23.3 Å². The van der Waals surface area contributed by atoms with Crippen LogP contribution in [0.5, 0.6) is 0 Å². The van der Waals surface area contributed by atoms with Gasteiger partial charge in [0.1, 0.15) is 5.82 Å². The number of thioether (sulfide) groups is 1. The Labute approximate surface area is 255 Å². The van der Waals surface area contributed by atoms with E-state index in [0.29, 0.717) is 33.5 Å². The Morgan fingerprint density at radius 3 is 2.61 bits per heavy atom. The first kappa shape index (κ1) is 29.0. The summed E-state index contributed by atoms with van der Waals surface area (Å²) in [5.41, 5.74) is 11.9. The number of carbonyl (C=O) groups is 2. The molecule has 1 amide bonds. The Bertz CT molecular complexity index is 1650. The van der Waals surface area contributed by atoms with Gasteiger partial charge in [0.25, 0.3) is 0 Å². The molecule has 0 saturated heterocycles. The van der Waals surface area contributed by atoms with E-state index in [-0.39, 0.29) is 28.7 Å². The molecule has 210 valence electrons. The number of halogens is 1. The van der Waals surface area contributed by atoms with Crippen molar-refractivity contribution in [2.24, 2.45) is 11.1 Å². The van der Waals surface area contributed by atoms with Crippen LogP contribution in [-0.4, -0.2) is 27.6 Å². The maximum Gasteiger partial charge on any atom is 0.234 e. The number of Topliss-reactive ketones (excluding diaryl/α,β-unsaturated/α-hetero) is 1. The fraction of sp³-hybridized carbons (Fsp3) is 0.300. The van der Waals surface area contributed by atoms with Gasteiger partial charge in [-0.05, 0) is 66.6 Å². The SMILES string of the molecule is Cc1ccc(NC(=O)CSc2nnc(N3C(N)=C(C#N)C(c4ccc(Br)cc4)C4=C3CC(C)(C)CC4=O)s2)cc1C. The molecule has 1 aromatic heterocycles. The second-order valence-electron chi connectivity index (χ2n) is 11.0. The normalized spacial score (nSPS) is 18.3. The number of rotatable bonds is 6. The van der Waals surface area contributed by atoms with Gasteiger partial charge in [0.15, 0.2) is 10.1 Å². The Morgan fingerprint density at radius 2 is 1.93 bits per heavy atom. The van der Waals surface area contributed by atoms with Gasteiger partial charge in [-0.25, -0.2) is 0 Å². The van der Waals surface area contributed by atoms with Crippen LogP contribution in [0.25, 0.3) is 0 Å². The van der Waals surface area contributed by atoms with Crippen molar-refractivity contribution in [1.29, 1.82) is 5.26 Å². The number of nitrogens with two attached hydrogens (primary N) is 1. The standard InChI is InChI=1S/C30H29BrN6O2S2/c1-16-5-10-20(11-17(16)2)34-24(39)15-40-29-36-35-28(41-29)37-22-12-30(3,4)13-23(38)26(22)25(21(14-32)27(37)33)18-6-8-19(31)9-7-18/h5-11,25H,12-13,15,33H2,1-4H3,(H,34,39). The minimum absolute atomic E-state index is 0.00320. The molecule has 11 heteroatoms. The maximum atomic E-state index is 13.7. The van der Waals surface area contributed by atoms with E-state index in [0.717, 1.165) is 32.5 Å². The van der Waals surface area contributed by atoms with Gasteiger partial charge >= 0.3 is 0 Å². The molecular weight excluding hydrogens is 620 g/mol. The van der Waals surface area contributed by atoms with Gasteiger partial charge in [-0.1, -0.05) is 71.1 Å². The summed E-state index contributed by atoms with van der Waals surface area (Å²) in [6.07, 6.45) is 0.957. The first-order valence-electron chi connectivity index (χ1n) is 13.0.